The molecule has 0 atom stereocenters. The number of carbonyl (C=O) groups is 1. The Morgan fingerprint density at radius 1 is 1.42 bits per heavy atom. The Kier molecular flexibility index (Phi) is 4.55. The van der Waals surface area contributed by atoms with E-state index in [9.17, 15) is 4.79 Å². The first-order valence-electron chi connectivity index (χ1n) is 5.66. The van der Waals surface area contributed by atoms with Crippen LogP contribution < -0.4 is 0 Å². The van der Waals surface area contributed by atoms with Crippen molar-refractivity contribution in [3.63, 3.8) is 0 Å². The molecule has 2 rings (SSSR count). The lowest BCUT2D eigenvalue weighted by atomic mass is 10.3. The van der Waals surface area contributed by atoms with Gasteiger partial charge in [-0.15, -0.1) is 11.8 Å². The number of hydrogen-bond donors (Lipinski definition) is 1. The summed E-state index contributed by atoms with van der Waals surface area (Å²) in [7, 11) is 0. The summed E-state index contributed by atoms with van der Waals surface area (Å²) in [5.41, 5.74) is 1.91. The summed E-state index contributed by atoms with van der Waals surface area (Å²) in [6, 6.07) is 8.01. The fraction of sp³-hybridized carbons (Fsp3) is 0.231. The molecule has 0 radical (unpaired) electrons. The van der Waals surface area contributed by atoms with Crippen LogP contribution in [0.4, 0.5) is 0 Å². The predicted molar refractivity (Wildman–Crippen MR) is 78.4 cm³/mol. The van der Waals surface area contributed by atoms with Crippen molar-refractivity contribution in [2.75, 3.05) is 12.0 Å². The molecule has 0 amide bonds. The van der Waals surface area contributed by atoms with Gasteiger partial charge >= 0.3 is 5.97 Å². The molecule has 0 aliphatic heterocycles. The molecule has 0 saturated carbocycles. The largest absolute Gasteiger partial charge is 0.481 e. The van der Waals surface area contributed by atoms with Crippen molar-refractivity contribution >= 4 is 29.5 Å². The van der Waals surface area contributed by atoms with Crippen molar-refractivity contribution in [3.05, 3.63) is 36.2 Å². The summed E-state index contributed by atoms with van der Waals surface area (Å²) >= 11 is 2.89. The minimum absolute atomic E-state index is 0.0118. The maximum atomic E-state index is 10.7. The van der Waals surface area contributed by atoms with Crippen LogP contribution in [0.1, 0.15) is 5.69 Å². The quantitative estimate of drug-likeness (QED) is 0.859. The number of aromatic nitrogens is 2. The minimum Gasteiger partial charge on any atom is -0.481 e. The van der Waals surface area contributed by atoms with Gasteiger partial charge in [-0.25, -0.2) is 4.98 Å². The van der Waals surface area contributed by atoms with Gasteiger partial charge in [-0.2, -0.15) is 0 Å². The van der Waals surface area contributed by atoms with Gasteiger partial charge < -0.3 is 5.11 Å². The monoisotopic (exact) mass is 294 g/mol. The van der Waals surface area contributed by atoms with E-state index in [-0.39, 0.29) is 5.75 Å². The molecule has 6 heteroatoms. The molecule has 2 aromatic rings. The Bertz CT molecular complexity index is 596. The number of aryl methyl sites for hydroxylation is 1. The normalized spacial score (nSPS) is 10.6. The zero-order valence-corrected chi connectivity index (χ0v) is 12.3. The third-order valence-corrected chi connectivity index (χ3v) is 4.19. The molecule has 0 aliphatic rings. The number of benzene rings is 1. The van der Waals surface area contributed by atoms with Gasteiger partial charge in [0.05, 0.1) is 17.1 Å². The number of nitrogens with zero attached hydrogens (tertiary/aromatic N) is 2. The van der Waals surface area contributed by atoms with E-state index in [4.69, 9.17) is 5.11 Å². The van der Waals surface area contributed by atoms with Crippen LogP contribution in [0, 0.1) is 6.92 Å². The van der Waals surface area contributed by atoms with Gasteiger partial charge in [0.15, 0.2) is 5.16 Å². The number of para-hydroxylation sites is 1. The number of imidazole rings is 1. The van der Waals surface area contributed by atoms with Crippen LogP contribution >= 0.6 is 23.5 Å². The molecule has 0 fully saturated rings. The average Bonchev–Trinajstić information content (AvgIpc) is 2.77. The first-order chi connectivity index (χ1) is 9.11. The maximum absolute atomic E-state index is 10.7. The molecule has 1 N–H and O–H groups in total. The molecule has 0 unspecified atom stereocenters. The number of carboxylic acid groups (broad SMARTS) is 1. The second kappa shape index (κ2) is 6.16. The Hall–Kier alpha value is -1.40. The second-order valence-electron chi connectivity index (χ2n) is 3.89. The number of aliphatic carboxylic acids is 1. The predicted octanol–water partition coefficient (Wildman–Crippen LogP) is 3.08. The molecule has 0 spiro atoms. The molecule has 0 saturated heterocycles. The molecule has 100 valence electrons. The Labute approximate surface area is 120 Å². The highest BCUT2D eigenvalue weighted by molar-refractivity contribution is 7.99. The third-order valence-electron chi connectivity index (χ3n) is 2.46. The Morgan fingerprint density at radius 2 is 2.16 bits per heavy atom. The van der Waals surface area contributed by atoms with Gasteiger partial charge in [0.2, 0.25) is 0 Å². The van der Waals surface area contributed by atoms with E-state index in [0.29, 0.717) is 5.16 Å². The smallest absolute Gasteiger partial charge is 0.313 e. The van der Waals surface area contributed by atoms with E-state index in [1.807, 2.05) is 48.2 Å². The minimum atomic E-state index is -0.838. The van der Waals surface area contributed by atoms with Gasteiger partial charge in [-0.3, -0.25) is 9.36 Å². The van der Waals surface area contributed by atoms with Crippen LogP contribution in [-0.4, -0.2) is 32.6 Å². The zero-order valence-electron chi connectivity index (χ0n) is 10.7. The average molecular weight is 294 g/mol. The van der Waals surface area contributed by atoms with Crippen LogP contribution in [0.5, 0.6) is 0 Å². The summed E-state index contributed by atoms with van der Waals surface area (Å²) in [5, 5.41) is 9.49. The van der Waals surface area contributed by atoms with Crippen LogP contribution in [-0.2, 0) is 4.79 Å². The third kappa shape index (κ3) is 3.33. The van der Waals surface area contributed by atoms with E-state index in [0.717, 1.165) is 16.3 Å². The summed E-state index contributed by atoms with van der Waals surface area (Å²) in [6.45, 7) is 1.91. The van der Waals surface area contributed by atoms with Crippen LogP contribution in [0.2, 0.25) is 0 Å². The zero-order chi connectivity index (χ0) is 13.8. The SMILES string of the molecule is CSc1ccccc1-n1cc(C)nc1SCC(=O)O. The Morgan fingerprint density at radius 3 is 2.84 bits per heavy atom. The van der Waals surface area contributed by atoms with E-state index in [2.05, 4.69) is 4.98 Å². The molecular formula is C13H14N2O2S2. The number of hydrogen-bond acceptors (Lipinski definition) is 4. The summed E-state index contributed by atoms with van der Waals surface area (Å²) in [6.07, 6.45) is 3.95. The molecule has 0 bridgehead atoms. The molecular weight excluding hydrogens is 280 g/mol. The molecule has 0 aliphatic carbocycles. The topological polar surface area (TPSA) is 55.1 Å². The first kappa shape index (κ1) is 14.0. The lowest BCUT2D eigenvalue weighted by Crippen LogP contribution is -2.02. The van der Waals surface area contributed by atoms with Crippen LogP contribution in [0.25, 0.3) is 5.69 Å². The number of thioether (sulfide) groups is 2. The van der Waals surface area contributed by atoms with Crippen molar-refractivity contribution in [1.29, 1.82) is 0 Å². The highest BCUT2D eigenvalue weighted by Crippen LogP contribution is 2.28. The standard InChI is InChI=1S/C13H14N2O2S2/c1-9-7-15(13(14-9)19-8-12(16)17)10-5-3-4-6-11(10)18-2/h3-7H,8H2,1-2H3,(H,16,17). The molecule has 1 aromatic carbocycles. The lowest BCUT2D eigenvalue weighted by Gasteiger charge is -2.10. The van der Waals surface area contributed by atoms with E-state index in [1.54, 1.807) is 11.8 Å². The van der Waals surface area contributed by atoms with Crippen molar-refractivity contribution in [2.24, 2.45) is 0 Å². The van der Waals surface area contributed by atoms with Gasteiger partial charge in [-0.05, 0) is 25.3 Å². The van der Waals surface area contributed by atoms with Crippen LogP contribution in [0.3, 0.4) is 0 Å². The van der Waals surface area contributed by atoms with Gasteiger partial charge in [-0.1, -0.05) is 23.9 Å². The fourth-order valence-electron chi connectivity index (χ4n) is 1.71. The number of rotatable bonds is 5. The van der Waals surface area contributed by atoms with E-state index >= 15 is 0 Å². The van der Waals surface area contributed by atoms with Gasteiger partial charge in [0.1, 0.15) is 0 Å². The fourth-order valence-corrected chi connectivity index (χ4v) is 3.05. The first-order valence-corrected chi connectivity index (χ1v) is 7.87. The molecule has 1 heterocycles. The highest BCUT2D eigenvalue weighted by Gasteiger charge is 2.12. The summed E-state index contributed by atoms with van der Waals surface area (Å²) < 4.78 is 1.95. The van der Waals surface area contributed by atoms with Crippen molar-refractivity contribution in [1.82, 2.24) is 9.55 Å². The highest BCUT2D eigenvalue weighted by atomic mass is 32.2. The van der Waals surface area contributed by atoms with Gasteiger partial charge in [0, 0.05) is 11.1 Å². The van der Waals surface area contributed by atoms with Crippen molar-refractivity contribution in [2.45, 2.75) is 17.0 Å². The second-order valence-corrected chi connectivity index (χ2v) is 5.68. The van der Waals surface area contributed by atoms with Crippen molar-refractivity contribution in [3.8, 4) is 5.69 Å². The van der Waals surface area contributed by atoms with Crippen LogP contribution in [0.15, 0.2) is 40.5 Å². The Balaban J connectivity index is 2.41. The lowest BCUT2D eigenvalue weighted by molar-refractivity contribution is -0.133. The molecule has 19 heavy (non-hydrogen) atoms. The van der Waals surface area contributed by atoms with E-state index in [1.165, 1.54) is 11.8 Å². The summed E-state index contributed by atoms with van der Waals surface area (Å²) in [4.78, 5) is 16.2. The van der Waals surface area contributed by atoms with Crippen molar-refractivity contribution < 1.29 is 9.90 Å². The van der Waals surface area contributed by atoms with E-state index < -0.39 is 5.97 Å². The molecule has 4 nitrogen and oxygen atoms in total. The molecule has 1 aromatic heterocycles. The summed E-state index contributed by atoms with van der Waals surface area (Å²) in [5.74, 6) is -0.826. The maximum Gasteiger partial charge on any atom is 0.313 e. The number of carboxylic acids is 1. The van der Waals surface area contributed by atoms with Gasteiger partial charge in [0.25, 0.3) is 0 Å².